The van der Waals surface area contributed by atoms with E-state index in [0.29, 0.717) is 18.9 Å². The number of ether oxygens (including phenoxy) is 1. The van der Waals surface area contributed by atoms with Crippen LogP contribution in [0.15, 0.2) is 17.2 Å². The number of hydrogen-bond acceptors (Lipinski definition) is 4. The van der Waals surface area contributed by atoms with Gasteiger partial charge in [-0.25, -0.2) is 13.1 Å². The van der Waals surface area contributed by atoms with Crippen molar-refractivity contribution >= 4 is 10.0 Å². The van der Waals surface area contributed by atoms with Gasteiger partial charge in [0.1, 0.15) is 0 Å². The summed E-state index contributed by atoms with van der Waals surface area (Å²) in [6, 6.07) is 1.58. The molecule has 0 fully saturated rings. The van der Waals surface area contributed by atoms with Gasteiger partial charge in [0.05, 0.1) is 18.1 Å². The zero-order chi connectivity index (χ0) is 14.5. The van der Waals surface area contributed by atoms with Crippen LogP contribution < -0.4 is 4.72 Å². The minimum Gasteiger partial charge on any atom is -0.390 e. The fourth-order valence-corrected chi connectivity index (χ4v) is 2.79. The van der Waals surface area contributed by atoms with Crippen LogP contribution in [0.3, 0.4) is 0 Å². The molecule has 0 unspecified atom stereocenters. The van der Waals surface area contributed by atoms with E-state index < -0.39 is 10.0 Å². The molecule has 110 valence electrons. The summed E-state index contributed by atoms with van der Waals surface area (Å²) in [5.74, 6) is 0. The van der Waals surface area contributed by atoms with E-state index in [0.717, 1.165) is 0 Å². The maximum atomic E-state index is 12.0. The Kier molecular flexibility index (Phi) is 5.99. The minimum atomic E-state index is -3.55. The zero-order valence-electron chi connectivity index (χ0n) is 11.6. The highest BCUT2D eigenvalue weighted by Crippen LogP contribution is 2.18. The molecule has 0 aliphatic carbocycles. The van der Waals surface area contributed by atoms with Crippen LogP contribution in [0.25, 0.3) is 0 Å². The van der Waals surface area contributed by atoms with Crippen molar-refractivity contribution in [3.63, 3.8) is 0 Å². The molecule has 0 aliphatic heterocycles. The zero-order valence-corrected chi connectivity index (χ0v) is 12.4. The third kappa shape index (κ3) is 4.31. The summed E-state index contributed by atoms with van der Waals surface area (Å²) < 4.78 is 33.4. The Balaban J connectivity index is 2.83. The van der Waals surface area contributed by atoms with E-state index in [1.54, 1.807) is 10.8 Å². The molecular weight excluding hydrogens is 268 g/mol. The number of sulfonamides is 1. The lowest BCUT2D eigenvalue weighted by Gasteiger charge is -2.10. The molecule has 0 atom stereocenters. The molecular formula is C12H22N2O4S. The lowest BCUT2D eigenvalue weighted by atomic mass is 10.3. The Morgan fingerprint density at radius 3 is 2.63 bits per heavy atom. The monoisotopic (exact) mass is 290 g/mol. The molecule has 0 amide bonds. The number of aromatic nitrogens is 1. The van der Waals surface area contributed by atoms with Crippen LogP contribution in [0.2, 0.25) is 0 Å². The first-order valence-electron chi connectivity index (χ1n) is 6.31. The number of nitrogens with zero attached hydrogens (tertiary/aromatic N) is 1. The normalized spacial score (nSPS) is 12.3. The molecule has 0 radical (unpaired) electrons. The van der Waals surface area contributed by atoms with Crippen molar-refractivity contribution in [1.82, 2.24) is 9.29 Å². The molecule has 0 saturated carbocycles. The van der Waals surface area contributed by atoms with Gasteiger partial charge in [-0.2, -0.15) is 0 Å². The molecule has 0 aliphatic rings. The molecule has 1 heterocycles. The molecule has 1 rings (SSSR count). The van der Waals surface area contributed by atoms with Crippen molar-refractivity contribution in [2.75, 3.05) is 19.8 Å². The second-order valence-corrected chi connectivity index (χ2v) is 6.19. The van der Waals surface area contributed by atoms with Crippen molar-refractivity contribution in [2.24, 2.45) is 0 Å². The highest BCUT2D eigenvalue weighted by Gasteiger charge is 2.18. The molecule has 7 heteroatoms. The van der Waals surface area contributed by atoms with Gasteiger partial charge in [0.25, 0.3) is 0 Å². The smallest absolute Gasteiger partial charge is 0.242 e. The molecule has 6 nitrogen and oxygen atoms in total. The molecule has 19 heavy (non-hydrogen) atoms. The van der Waals surface area contributed by atoms with E-state index in [4.69, 9.17) is 4.74 Å². The van der Waals surface area contributed by atoms with Crippen molar-refractivity contribution in [1.29, 1.82) is 0 Å². The van der Waals surface area contributed by atoms with Gasteiger partial charge in [-0.15, -0.1) is 0 Å². The Morgan fingerprint density at radius 2 is 2.16 bits per heavy atom. The molecule has 0 aromatic carbocycles. The lowest BCUT2D eigenvalue weighted by molar-refractivity contribution is 0.153. The second kappa shape index (κ2) is 7.04. The van der Waals surface area contributed by atoms with Crippen molar-refractivity contribution in [3.8, 4) is 0 Å². The molecule has 0 spiro atoms. The standard InChI is InChI=1S/C12H22N2O4S/c1-4-18-6-5-13-19(16,17)12-7-11(9-15)14(8-12)10(2)3/h7-8,10,13,15H,4-6,9H2,1-3H3. The van der Waals surface area contributed by atoms with Crippen LogP contribution >= 0.6 is 0 Å². The summed E-state index contributed by atoms with van der Waals surface area (Å²) in [5.41, 5.74) is 0.584. The van der Waals surface area contributed by atoms with Gasteiger partial charge in [0, 0.05) is 31.1 Å². The van der Waals surface area contributed by atoms with E-state index in [2.05, 4.69) is 4.72 Å². The van der Waals surface area contributed by atoms with Crippen LogP contribution in [0, 0.1) is 0 Å². The fraction of sp³-hybridized carbons (Fsp3) is 0.667. The van der Waals surface area contributed by atoms with E-state index >= 15 is 0 Å². The first-order valence-corrected chi connectivity index (χ1v) is 7.79. The number of aliphatic hydroxyl groups excluding tert-OH is 1. The number of rotatable bonds is 8. The first-order chi connectivity index (χ1) is 8.92. The summed E-state index contributed by atoms with van der Waals surface area (Å²) in [6.07, 6.45) is 1.54. The van der Waals surface area contributed by atoms with Crippen LogP contribution in [0.5, 0.6) is 0 Å². The summed E-state index contributed by atoms with van der Waals surface area (Å²) >= 11 is 0. The highest BCUT2D eigenvalue weighted by molar-refractivity contribution is 7.89. The predicted molar refractivity (Wildman–Crippen MR) is 72.4 cm³/mol. The van der Waals surface area contributed by atoms with E-state index in [-0.39, 0.29) is 24.1 Å². The summed E-state index contributed by atoms with van der Waals surface area (Å²) in [6.45, 7) is 6.65. The summed E-state index contributed by atoms with van der Waals surface area (Å²) in [7, 11) is -3.55. The second-order valence-electron chi connectivity index (χ2n) is 4.42. The van der Waals surface area contributed by atoms with Crippen molar-refractivity contribution in [3.05, 3.63) is 18.0 Å². The van der Waals surface area contributed by atoms with Crippen LogP contribution in [-0.2, 0) is 21.4 Å². The third-order valence-electron chi connectivity index (χ3n) is 2.68. The number of nitrogens with one attached hydrogen (secondary N) is 1. The summed E-state index contributed by atoms with van der Waals surface area (Å²) in [5, 5.41) is 9.24. The molecule has 2 N–H and O–H groups in total. The van der Waals surface area contributed by atoms with Crippen molar-refractivity contribution < 1.29 is 18.3 Å². The van der Waals surface area contributed by atoms with E-state index in [1.165, 1.54) is 6.07 Å². The highest BCUT2D eigenvalue weighted by atomic mass is 32.2. The molecule has 1 aromatic heterocycles. The Hall–Kier alpha value is -0.890. The third-order valence-corrected chi connectivity index (χ3v) is 4.11. The quantitative estimate of drug-likeness (QED) is 0.696. The molecule has 0 saturated heterocycles. The average molecular weight is 290 g/mol. The average Bonchev–Trinajstić information content (AvgIpc) is 2.79. The van der Waals surface area contributed by atoms with Crippen molar-refractivity contribution in [2.45, 2.75) is 38.3 Å². The fourth-order valence-electron chi connectivity index (χ4n) is 1.73. The Bertz CT molecular complexity index is 494. The predicted octanol–water partition coefficient (Wildman–Crippen LogP) is 0.876. The van der Waals surface area contributed by atoms with Crippen LogP contribution in [-0.4, -0.2) is 37.8 Å². The summed E-state index contributed by atoms with van der Waals surface area (Å²) in [4.78, 5) is 0.168. The maximum Gasteiger partial charge on any atom is 0.242 e. The van der Waals surface area contributed by atoms with Crippen LogP contribution in [0.4, 0.5) is 0 Å². The molecule has 0 bridgehead atoms. The van der Waals surface area contributed by atoms with Crippen LogP contribution in [0.1, 0.15) is 32.5 Å². The van der Waals surface area contributed by atoms with Gasteiger partial charge in [-0.05, 0) is 26.8 Å². The SMILES string of the molecule is CCOCCNS(=O)(=O)c1cc(CO)n(C(C)C)c1. The van der Waals surface area contributed by atoms with E-state index in [1.807, 2.05) is 20.8 Å². The first kappa shape index (κ1) is 16.2. The van der Waals surface area contributed by atoms with Gasteiger partial charge in [0.15, 0.2) is 0 Å². The lowest BCUT2D eigenvalue weighted by Crippen LogP contribution is -2.27. The van der Waals surface area contributed by atoms with Gasteiger partial charge >= 0.3 is 0 Å². The maximum absolute atomic E-state index is 12.0. The van der Waals surface area contributed by atoms with E-state index in [9.17, 15) is 13.5 Å². The Morgan fingerprint density at radius 1 is 1.47 bits per heavy atom. The molecule has 1 aromatic rings. The van der Waals surface area contributed by atoms with Gasteiger partial charge in [-0.1, -0.05) is 0 Å². The van der Waals surface area contributed by atoms with Gasteiger partial charge in [-0.3, -0.25) is 0 Å². The number of hydrogen-bond donors (Lipinski definition) is 2. The number of aliphatic hydroxyl groups is 1. The Labute approximate surface area is 114 Å². The van der Waals surface area contributed by atoms with Gasteiger partial charge in [0.2, 0.25) is 10.0 Å². The van der Waals surface area contributed by atoms with Gasteiger partial charge < -0.3 is 14.4 Å². The topological polar surface area (TPSA) is 80.6 Å². The largest absolute Gasteiger partial charge is 0.390 e. The minimum absolute atomic E-state index is 0.0922.